The molecule has 92 valence electrons. The molecule has 1 N–H and O–H groups in total. The van der Waals surface area contributed by atoms with E-state index in [9.17, 15) is 5.11 Å². The summed E-state index contributed by atoms with van der Waals surface area (Å²) >= 11 is 0. The van der Waals surface area contributed by atoms with Crippen molar-refractivity contribution in [1.29, 1.82) is 0 Å². The Labute approximate surface area is 106 Å². The quantitative estimate of drug-likeness (QED) is 0.836. The summed E-state index contributed by atoms with van der Waals surface area (Å²) in [6, 6.07) is 13.1. The van der Waals surface area contributed by atoms with Gasteiger partial charge in [0.15, 0.2) is 0 Å². The third-order valence-corrected chi connectivity index (χ3v) is 2.65. The highest BCUT2D eigenvalue weighted by Gasteiger charge is 2.05. The summed E-state index contributed by atoms with van der Waals surface area (Å²) in [7, 11) is 1.60. The maximum Gasteiger partial charge on any atom is 0.127 e. The van der Waals surface area contributed by atoms with Crippen molar-refractivity contribution in [3.8, 4) is 11.5 Å². The van der Waals surface area contributed by atoms with Crippen LogP contribution in [-0.4, -0.2) is 18.4 Å². The minimum absolute atomic E-state index is 0.232. The Morgan fingerprint density at radius 3 is 2.56 bits per heavy atom. The van der Waals surface area contributed by atoms with Crippen LogP contribution in [0.25, 0.3) is 0 Å². The van der Waals surface area contributed by atoms with E-state index in [1.807, 2.05) is 37.3 Å². The molecule has 2 aromatic rings. The van der Waals surface area contributed by atoms with E-state index >= 15 is 0 Å². The molecule has 0 unspecified atom stereocenters. The Bertz CT molecular complexity index is 562. The molecule has 0 saturated carbocycles. The van der Waals surface area contributed by atoms with Crippen LogP contribution in [0.4, 0.5) is 5.69 Å². The van der Waals surface area contributed by atoms with E-state index in [4.69, 9.17) is 4.74 Å². The number of nitrogens with zero attached hydrogens (tertiary/aromatic N) is 1. The van der Waals surface area contributed by atoms with Crippen molar-refractivity contribution in [1.82, 2.24) is 0 Å². The standard InChI is InChI=1S/C15H15NO2/c1-11-8-14(18-2)9-12(15(11)17)10-16-13-6-4-3-5-7-13/h3-10,17H,1-2H3. The number of phenols is 1. The highest BCUT2D eigenvalue weighted by Crippen LogP contribution is 2.26. The van der Waals surface area contributed by atoms with Gasteiger partial charge in [-0.1, -0.05) is 18.2 Å². The zero-order valence-corrected chi connectivity index (χ0v) is 10.4. The van der Waals surface area contributed by atoms with E-state index in [1.54, 1.807) is 25.5 Å². The molecular weight excluding hydrogens is 226 g/mol. The van der Waals surface area contributed by atoms with Crippen LogP contribution in [0.2, 0.25) is 0 Å². The molecule has 0 aliphatic rings. The molecule has 0 amide bonds. The van der Waals surface area contributed by atoms with Crippen LogP contribution in [0, 0.1) is 6.92 Å². The number of methoxy groups -OCH3 is 1. The lowest BCUT2D eigenvalue weighted by Crippen LogP contribution is -1.90. The van der Waals surface area contributed by atoms with Crippen molar-refractivity contribution in [2.75, 3.05) is 7.11 Å². The summed E-state index contributed by atoms with van der Waals surface area (Å²) in [5.74, 6) is 0.940. The molecule has 3 nitrogen and oxygen atoms in total. The van der Waals surface area contributed by atoms with E-state index in [0.29, 0.717) is 11.3 Å². The summed E-state index contributed by atoms with van der Waals surface area (Å²) in [6.45, 7) is 1.83. The molecule has 0 bridgehead atoms. The second kappa shape index (κ2) is 5.36. The predicted molar refractivity (Wildman–Crippen MR) is 73.1 cm³/mol. The van der Waals surface area contributed by atoms with Crippen LogP contribution in [-0.2, 0) is 0 Å². The normalized spacial score (nSPS) is 10.8. The Kier molecular flexibility index (Phi) is 3.63. The van der Waals surface area contributed by atoms with Gasteiger partial charge in [-0.15, -0.1) is 0 Å². The van der Waals surface area contributed by atoms with Crippen LogP contribution in [0.1, 0.15) is 11.1 Å². The third kappa shape index (κ3) is 2.69. The number of aliphatic imine (C=N–C) groups is 1. The smallest absolute Gasteiger partial charge is 0.127 e. The first kappa shape index (κ1) is 12.2. The highest BCUT2D eigenvalue weighted by atomic mass is 16.5. The molecule has 0 aliphatic heterocycles. The monoisotopic (exact) mass is 241 g/mol. The zero-order valence-electron chi connectivity index (χ0n) is 10.4. The van der Waals surface area contributed by atoms with E-state index in [-0.39, 0.29) is 5.75 Å². The van der Waals surface area contributed by atoms with Crippen molar-refractivity contribution >= 4 is 11.9 Å². The molecule has 18 heavy (non-hydrogen) atoms. The second-order valence-corrected chi connectivity index (χ2v) is 3.98. The maximum atomic E-state index is 9.95. The van der Waals surface area contributed by atoms with E-state index in [0.717, 1.165) is 11.3 Å². The minimum Gasteiger partial charge on any atom is -0.507 e. The van der Waals surface area contributed by atoms with Gasteiger partial charge in [0.2, 0.25) is 0 Å². The van der Waals surface area contributed by atoms with Gasteiger partial charge in [0.1, 0.15) is 11.5 Å². The number of hydrogen-bond donors (Lipinski definition) is 1. The Balaban J connectivity index is 2.34. The van der Waals surface area contributed by atoms with Crippen molar-refractivity contribution in [3.05, 3.63) is 53.6 Å². The molecule has 3 heteroatoms. The largest absolute Gasteiger partial charge is 0.507 e. The summed E-state index contributed by atoms with van der Waals surface area (Å²) in [6.07, 6.45) is 1.64. The molecule has 0 saturated heterocycles. The summed E-state index contributed by atoms with van der Waals surface area (Å²) in [5, 5.41) is 9.95. The average molecular weight is 241 g/mol. The summed E-state index contributed by atoms with van der Waals surface area (Å²) in [5.41, 5.74) is 2.26. The van der Waals surface area contributed by atoms with Crippen LogP contribution in [0.5, 0.6) is 11.5 Å². The Morgan fingerprint density at radius 2 is 1.89 bits per heavy atom. The lowest BCUT2D eigenvalue weighted by atomic mass is 10.1. The van der Waals surface area contributed by atoms with Gasteiger partial charge in [0, 0.05) is 11.8 Å². The number of hydrogen-bond acceptors (Lipinski definition) is 3. The number of rotatable bonds is 3. The van der Waals surface area contributed by atoms with Crippen LogP contribution < -0.4 is 4.74 Å². The molecule has 0 heterocycles. The van der Waals surface area contributed by atoms with Gasteiger partial charge >= 0.3 is 0 Å². The molecule has 0 atom stereocenters. The van der Waals surface area contributed by atoms with E-state index in [2.05, 4.69) is 4.99 Å². The Hall–Kier alpha value is -2.29. The summed E-state index contributed by atoms with van der Waals surface area (Å²) < 4.78 is 5.17. The zero-order chi connectivity index (χ0) is 13.0. The first-order valence-electron chi connectivity index (χ1n) is 5.67. The molecule has 2 rings (SSSR count). The molecule has 0 aliphatic carbocycles. The van der Waals surface area contributed by atoms with Gasteiger partial charge in [-0.3, -0.25) is 4.99 Å². The fraction of sp³-hybridized carbons (Fsp3) is 0.133. The molecule has 0 fully saturated rings. The first-order valence-corrected chi connectivity index (χ1v) is 5.67. The minimum atomic E-state index is 0.232. The number of ether oxygens (including phenoxy) is 1. The molecule has 0 radical (unpaired) electrons. The van der Waals surface area contributed by atoms with Crippen LogP contribution in [0.3, 0.4) is 0 Å². The first-order chi connectivity index (χ1) is 8.70. The van der Waals surface area contributed by atoms with Crippen LogP contribution in [0.15, 0.2) is 47.5 Å². The SMILES string of the molecule is COc1cc(C)c(O)c(C=Nc2ccccc2)c1. The van der Waals surface area contributed by atoms with Crippen molar-refractivity contribution in [3.63, 3.8) is 0 Å². The Morgan fingerprint density at radius 1 is 1.17 bits per heavy atom. The van der Waals surface area contributed by atoms with Crippen molar-refractivity contribution < 1.29 is 9.84 Å². The van der Waals surface area contributed by atoms with Crippen LogP contribution >= 0.6 is 0 Å². The van der Waals surface area contributed by atoms with Crippen molar-refractivity contribution in [2.24, 2.45) is 4.99 Å². The summed E-state index contributed by atoms with van der Waals surface area (Å²) in [4.78, 5) is 4.31. The number of para-hydroxylation sites is 1. The highest BCUT2D eigenvalue weighted by molar-refractivity contribution is 5.86. The lowest BCUT2D eigenvalue weighted by Gasteiger charge is -2.06. The molecule has 0 aromatic heterocycles. The topological polar surface area (TPSA) is 41.8 Å². The van der Waals surface area contributed by atoms with Gasteiger partial charge < -0.3 is 9.84 Å². The van der Waals surface area contributed by atoms with Gasteiger partial charge in [-0.05, 0) is 36.8 Å². The number of aromatic hydroxyl groups is 1. The fourth-order valence-corrected chi connectivity index (χ4v) is 1.65. The molecular formula is C15H15NO2. The third-order valence-electron chi connectivity index (χ3n) is 2.65. The van der Waals surface area contributed by atoms with Gasteiger partial charge in [-0.2, -0.15) is 0 Å². The fourth-order valence-electron chi connectivity index (χ4n) is 1.65. The predicted octanol–water partition coefficient (Wildman–Crippen LogP) is 3.46. The second-order valence-electron chi connectivity index (χ2n) is 3.98. The van der Waals surface area contributed by atoms with Gasteiger partial charge in [0.25, 0.3) is 0 Å². The maximum absolute atomic E-state index is 9.95. The average Bonchev–Trinajstić information content (AvgIpc) is 2.41. The van der Waals surface area contributed by atoms with Crippen molar-refractivity contribution in [2.45, 2.75) is 6.92 Å². The number of benzene rings is 2. The van der Waals surface area contributed by atoms with E-state index in [1.165, 1.54) is 0 Å². The molecule has 2 aromatic carbocycles. The number of phenolic OH excluding ortho intramolecular Hbond substituents is 1. The number of aryl methyl sites for hydroxylation is 1. The van der Waals surface area contributed by atoms with E-state index < -0.39 is 0 Å². The lowest BCUT2D eigenvalue weighted by molar-refractivity contribution is 0.411. The van der Waals surface area contributed by atoms with Gasteiger partial charge in [0.05, 0.1) is 12.8 Å². The molecule has 0 spiro atoms. The van der Waals surface area contributed by atoms with Gasteiger partial charge in [-0.25, -0.2) is 0 Å².